The minimum Gasteiger partial charge on any atom is -0.435 e. The van der Waals surface area contributed by atoms with Crippen molar-refractivity contribution < 1.29 is 13.5 Å². The molecule has 3 nitrogen and oxygen atoms in total. The third-order valence-corrected chi connectivity index (χ3v) is 3.44. The van der Waals surface area contributed by atoms with Gasteiger partial charge in [-0.2, -0.15) is 8.78 Å². The van der Waals surface area contributed by atoms with Crippen molar-refractivity contribution in [2.75, 3.05) is 24.5 Å². The molecule has 1 fully saturated rings. The number of alkyl halides is 2. The van der Waals surface area contributed by atoms with Gasteiger partial charge in [-0.15, -0.1) is 0 Å². The summed E-state index contributed by atoms with van der Waals surface area (Å²) in [5.41, 5.74) is 1.05. The van der Waals surface area contributed by atoms with E-state index in [0.29, 0.717) is 12.0 Å². The van der Waals surface area contributed by atoms with Crippen LogP contribution in [0.1, 0.15) is 13.8 Å². The fourth-order valence-electron chi connectivity index (χ4n) is 2.30. The van der Waals surface area contributed by atoms with E-state index in [1.54, 1.807) is 12.1 Å². The number of nitrogens with one attached hydrogen (secondary N) is 1. The normalized spacial score (nSPS) is 20.1. The standard InChI is InChI=1S/C14H20F2N2O/c1-10(2)13-9-18(8-7-17-13)11-3-5-12(6-4-11)19-14(15)16/h3-6,10,13-14,17H,7-9H2,1-2H3. The second kappa shape index (κ2) is 6.19. The summed E-state index contributed by atoms with van der Waals surface area (Å²) in [6.07, 6.45) is 0. The average Bonchev–Trinajstić information content (AvgIpc) is 2.39. The van der Waals surface area contributed by atoms with Gasteiger partial charge in [0.25, 0.3) is 0 Å². The van der Waals surface area contributed by atoms with E-state index in [9.17, 15) is 8.78 Å². The van der Waals surface area contributed by atoms with E-state index in [1.165, 1.54) is 0 Å². The van der Waals surface area contributed by atoms with Crippen molar-refractivity contribution in [3.05, 3.63) is 24.3 Å². The molecule has 1 N–H and O–H groups in total. The Bertz CT molecular complexity index is 395. The van der Waals surface area contributed by atoms with Crippen molar-refractivity contribution in [1.82, 2.24) is 5.32 Å². The lowest BCUT2D eigenvalue weighted by atomic mass is 10.0. The molecule has 0 saturated carbocycles. The highest BCUT2D eigenvalue weighted by Gasteiger charge is 2.21. The number of nitrogens with zero attached hydrogens (tertiary/aromatic N) is 1. The third-order valence-electron chi connectivity index (χ3n) is 3.44. The first-order valence-corrected chi connectivity index (χ1v) is 6.59. The summed E-state index contributed by atoms with van der Waals surface area (Å²) in [7, 11) is 0. The molecule has 0 aromatic heterocycles. The molecule has 1 aliphatic heterocycles. The van der Waals surface area contributed by atoms with E-state index in [-0.39, 0.29) is 5.75 Å². The molecule has 0 radical (unpaired) electrons. The maximum atomic E-state index is 12.1. The Balaban J connectivity index is 2.01. The summed E-state index contributed by atoms with van der Waals surface area (Å²) in [6.45, 7) is 4.43. The largest absolute Gasteiger partial charge is 0.435 e. The number of benzene rings is 1. The lowest BCUT2D eigenvalue weighted by Crippen LogP contribution is -2.52. The molecule has 1 saturated heterocycles. The minimum absolute atomic E-state index is 0.203. The van der Waals surface area contributed by atoms with E-state index in [4.69, 9.17) is 0 Å². The number of hydrogen-bond acceptors (Lipinski definition) is 3. The lowest BCUT2D eigenvalue weighted by molar-refractivity contribution is -0.0498. The predicted molar refractivity (Wildman–Crippen MR) is 71.9 cm³/mol. The van der Waals surface area contributed by atoms with Crippen LogP contribution in [0.2, 0.25) is 0 Å². The zero-order valence-corrected chi connectivity index (χ0v) is 11.3. The van der Waals surface area contributed by atoms with Gasteiger partial charge in [0.2, 0.25) is 0 Å². The van der Waals surface area contributed by atoms with Crippen LogP contribution in [0, 0.1) is 5.92 Å². The number of anilines is 1. The summed E-state index contributed by atoms with van der Waals surface area (Å²) in [5, 5.41) is 3.49. The van der Waals surface area contributed by atoms with Crippen molar-refractivity contribution in [2.45, 2.75) is 26.5 Å². The van der Waals surface area contributed by atoms with Gasteiger partial charge in [-0.25, -0.2) is 0 Å². The Morgan fingerprint density at radius 2 is 1.95 bits per heavy atom. The SMILES string of the molecule is CC(C)C1CN(c2ccc(OC(F)F)cc2)CCN1. The first kappa shape index (κ1) is 14.1. The second-order valence-electron chi connectivity index (χ2n) is 5.12. The summed E-state index contributed by atoms with van der Waals surface area (Å²) in [4.78, 5) is 2.27. The second-order valence-corrected chi connectivity index (χ2v) is 5.12. The highest BCUT2D eigenvalue weighted by Crippen LogP contribution is 2.22. The molecule has 0 bridgehead atoms. The molecular formula is C14H20F2N2O. The molecule has 1 heterocycles. The number of ether oxygens (including phenoxy) is 1. The first-order valence-electron chi connectivity index (χ1n) is 6.59. The van der Waals surface area contributed by atoms with Crippen LogP contribution in [0.25, 0.3) is 0 Å². The van der Waals surface area contributed by atoms with E-state index in [2.05, 4.69) is 28.8 Å². The zero-order valence-electron chi connectivity index (χ0n) is 11.3. The Hall–Kier alpha value is -1.36. The summed E-state index contributed by atoms with van der Waals surface area (Å²) in [6, 6.07) is 7.31. The van der Waals surface area contributed by atoms with Crippen LogP contribution in [0.4, 0.5) is 14.5 Å². The van der Waals surface area contributed by atoms with Crippen LogP contribution in [0.15, 0.2) is 24.3 Å². The Labute approximate surface area is 112 Å². The van der Waals surface area contributed by atoms with Gasteiger partial charge in [-0.1, -0.05) is 13.8 Å². The van der Waals surface area contributed by atoms with Crippen molar-refractivity contribution >= 4 is 5.69 Å². The van der Waals surface area contributed by atoms with E-state index >= 15 is 0 Å². The topological polar surface area (TPSA) is 24.5 Å². The van der Waals surface area contributed by atoms with Crippen LogP contribution >= 0.6 is 0 Å². The molecule has 1 aromatic rings. The Morgan fingerprint density at radius 3 is 2.53 bits per heavy atom. The molecule has 0 spiro atoms. The number of rotatable bonds is 4. The molecule has 106 valence electrons. The molecule has 5 heteroatoms. The molecule has 0 amide bonds. The number of piperazine rings is 1. The van der Waals surface area contributed by atoms with Crippen LogP contribution in [0.5, 0.6) is 5.75 Å². The van der Waals surface area contributed by atoms with Crippen molar-refractivity contribution in [3.63, 3.8) is 0 Å². The van der Waals surface area contributed by atoms with Gasteiger partial charge in [0.15, 0.2) is 0 Å². The predicted octanol–water partition coefficient (Wildman–Crippen LogP) is 2.72. The van der Waals surface area contributed by atoms with Crippen LogP contribution in [-0.4, -0.2) is 32.3 Å². The van der Waals surface area contributed by atoms with Gasteiger partial charge >= 0.3 is 6.61 Å². The van der Waals surface area contributed by atoms with Gasteiger partial charge in [-0.05, 0) is 30.2 Å². The van der Waals surface area contributed by atoms with Crippen molar-refractivity contribution in [3.8, 4) is 5.75 Å². The smallest absolute Gasteiger partial charge is 0.387 e. The monoisotopic (exact) mass is 270 g/mol. The fraction of sp³-hybridized carbons (Fsp3) is 0.571. The molecular weight excluding hydrogens is 250 g/mol. The van der Waals surface area contributed by atoms with Gasteiger partial charge in [0, 0.05) is 31.4 Å². The highest BCUT2D eigenvalue weighted by atomic mass is 19.3. The molecule has 19 heavy (non-hydrogen) atoms. The van der Waals surface area contributed by atoms with Crippen LogP contribution < -0.4 is 15.0 Å². The van der Waals surface area contributed by atoms with Crippen molar-refractivity contribution in [1.29, 1.82) is 0 Å². The molecule has 2 rings (SSSR count). The fourth-order valence-corrected chi connectivity index (χ4v) is 2.30. The maximum absolute atomic E-state index is 12.1. The molecule has 1 unspecified atom stereocenters. The zero-order chi connectivity index (χ0) is 13.8. The van der Waals surface area contributed by atoms with Crippen molar-refractivity contribution in [2.24, 2.45) is 5.92 Å². The minimum atomic E-state index is -2.77. The van der Waals surface area contributed by atoms with Crippen LogP contribution in [0.3, 0.4) is 0 Å². The summed E-state index contributed by atoms with van der Waals surface area (Å²) in [5.74, 6) is 0.776. The van der Waals surface area contributed by atoms with E-state index < -0.39 is 6.61 Å². The Kier molecular flexibility index (Phi) is 4.58. The molecule has 0 aliphatic carbocycles. The average molecular weight is 270 g/mol. The van der Waals surface area contributed by atoms with E-state index in [0.717, 1.165) is 25.3 Å². The maximum Gasteiger partial charge on any atom is 0.387 e. The van der Waals surface area contributed by atoms with Gasteiger partial charge in [0.05, 0.1) is 0 Å². The first-order chi connectivity index (χ1) is 9.06. The Morgan fingerprint density at radius 1 is 1.26 bits per heavy atom. The van der Waals surface area contributed by atoms with Gasteiger partial charge in [0.1, 0.15) is 5.75 Å². The summed E-state index contributed by atoms with van der Waals surface area (Å²) >= 11 is 0. The third kappa shape index (κ3) is 3.80. The lowest BCUT2D eigenvalue weighted by Gasteiger charge is -2.37. The van der Waals surface area contributed by atoms with Crippen LogP contribution in [-0.2, 0) is 0 Å². The molecule has 1 aromatic carbocycles. The van der Waals surface area contributed by atoms with Gasteiger partial charge < -0.3 is 15.0 Å². The number of hydrogen-bond donors (Lipinski definition) is 1. The quantitative estimate of drug-likeness (QED) is 0.910. The number of halogens is 2. The highest BCUT2D eigenvalue weighted by molar-refractivity contribution is 5.49. The summed E-state index contributed by atoms with van der Waals surface area (Å²) < 4.78 is 28.5. The van der Waals surface area contributed by atoms with E-state index in [1.807, 2.05) is 12.1 Å². The molecule has 1 atom stereocenters. The van der Waals surface area contributed by atoms with Gasteiger partial charge in [-0.3, -0.25) is 0 Å². The molecule has 1 aliphatic rings.